The van der Waals surface area contributed by atoms with Crippen LogP contribution in [-0.2, 0) is 10.1 Å². The van der Waals surface area contributed by atoms with Crippen LogP contribution in [0, 0.1) is 13.8 Å². The Morgan fingerprint density at radius 2 is 1.53 bits per heavy atom. The van der Waals surface area contributed by atoms with E-state index in [9.17, 15) is 13.0 Å². The Labute approximate surface area is 117 Å². The zero-order chi connectivity index (χ0) is 14.8. The van der Waals surface area contributed by atoms with Crippen molar-refractivity contribution in [1.29, 1.82) is 0 Å². The zero-order valence-corrected chi connectivity index (χ0v) is 14.3. The van der Waals surface area contributed by atoms with Gasteiger partial charge in [0, 0.05) is 0 Å². The Morgan fingerprint density at radius 3 is 1.89 bits per heavy atom. The van der Waals surface area contributed by atoms with E-state index in [1.54, 1.807) is 0 Å². The van der Waals surface area contributed by atoms with Crippen molar-refractivity contribution in [1.82, 2.24) is 0 Å². The lowest BCUT2D eigenvalue weighted by molar-refractivity contribution is 0.482. The summed E-state index contributed by atoms with van der Waals surface area (Å²) in [5, 5.41) is 1.22. The fourth-order valence-corrected chi connectivity index (χ4v) is 8.43. The molecular weight excluding hydrogens is 276 g/mol. The second-order valence-corrected chi connectivity index (χ2v) is 11.8. The Morgan fingerprint density at radius 1 is 1.05 bits per heavy atom. The molecule has 0 fully saturated rings. The third-order valence-corrected chi connectivity index (χ3v) is 11.4. The maximum atomic E-state index is 11.5. The van der Waals surface area contributed by atoms with Crippen LogP contribution >= 0.6 is 0 Å². The number of rotatable bonds is 5. The number of hydrogen-bond acceptors (Lipinski definition) is 2. The minimum Gasteiger partial charge on any atom is -0.282 e. The Balaban J connectivity index is 3.69. The smallest absolute Gasteiger partial charge is 0.282 e. The van der Waals surface area contributed by atoms with Gasteiger partial charge < -0.3 is 0 Å². The van der Waals surface area contributed by atoms with Crippen molar-refractivity contribution in [3.8, 4) is 0 Å². The molecule has 0 aliphatic carbocycles. The number of aryl methyl sites for hydroxylation is 1. The maximum Gasteiger partial charge on any atom is 0.294 e. The largest absolute Gasteiger partial charge is 0.294 e. The van der Waals surface area contributed by atoms with Crippen molar-refractivity contribution < 1.29 is 13.0 Å². The molecule has 1 N–H and O–H groups in total. The van der Waals surface area contributed by atoms with Gasteiger partial charge in [0.25, 0.3) is 10.1 Å². The summed E-state index contributed by atoms with van der Waals surface area (Å²) in [6.07, 6.45) is 0. The lowest BCUT2D eigenvalue weighted by Crippen LogP contribution is -2.49. The van der Waals surface area contributed by atoms with Crippen LogP contribution < -0.4 is 5.19 Å². The van der Waals surface area contributed by atoms with E-state index in [0.717, 1.165) is 29.3 Å². The molecule has 19 heavy (non-hydrogen) atoms. The van der Waals surface area contributed by atoms with Gasteiger partial charge in [-0.15, -0.1) is 0 Å². The third kappa shape index (κ3) is 2.93. The van der Waals surface area contributed by atoms with Gasteiger partial charge in [0.1, 0.15) is 0 Å². The summed E-state index contributed by atoms with van der Waals surface area (Å²) in [5.74, 6) is 0. The van der Waals surface area contributed by atoms with Crippen LogP contribution in [0.1, 0.15) is 31.9 Å². The van der Waals surface area contributed by atoms with Gasteiger partial charge in [0.15, 0.2) is 0 Å². The molecule has 0 aromatic heterocycles. The predicted molar refractivity (Wildman–Crippen MR) is 82.6 cm³/mol. The van der Waals surface area contributed by atoms with E-state index in [2.05, 4.69) is 20.8 Å². The molecule has 0 aliphatic heterocycles. The van der Waals surface area contributed by atoms with E-state index in [1.807, 2.05) is 19.9 Å². The van der Waals surface area contributed by atoms with Crippen molar-refractivity contribution >= 4 is 23.4 Å². The Hall–Kier alpha value is -0.653. The van der Waals surface area contributed by atoms with Crippen LogP contribution in [0.3, 0.4) is 0 Å². The molecule has 3 nitrogen and oxygen atoms in total. The first kappa shape index (κ1) is 16.4. The Bertz CT molecular complexity index is 552. The summed E-state index contributed by atoms with van der Waals surface area (Å²) in [7, 11) is -5.80. The average molecular weight is 300 g/mol. The van der Waals surface area contributed by atoms with E-state index in [0.29, 0.717) is 0 Å². The summed E-state index contributed by atoms with van der Waals surface area (Å²) in [5.41, 5.74) is 1.90. The fraction of sp³-hybridized carbons (Fsp3) is 0.571. The summed E-state index contributed by atoms with van der Waals surface area (Å²) < 4.78 is 32.3. The molecule has 1 aromatic carbocycles. The monoisotopic (exact) mass is 300 g/mol. The van der Waals surface area contributed by atoms with E-state index >= 15 is 0 Å². The van der Waals surface area contributed by atoms with Gasteiger partial charge >= 0.3 is 0 Å². The molecule has 0 aliphatic rings. The molecule has 108 valence electrons. The minimum atomic E-state index is -4.14. The first-order chi connectivity index (χ1) is 8.73. The zero-order valence-electron chi connectivity index (χ0n) is 12.4. The standard InChI is InChI=1S/C14H24O3SSi/c1-6-19(7-2,8-3)14-11(4)9-10-13(12(14)5)18(15,16)17/h9-10H,6-8H2,1-5H3,(H,15,16,17). The first-order valence-electron chi connectivity index (χ1n) is 6.81. The molecule has 0 heterocycles. The summed E-state index contributed by atoms with van der Waals surface area (Å²) >= 11 is 0. The molecule has 5 heteroatoms. The Kier molecular flexibility index (Phi) is 4.98. The highest BCUT2D eigenvalue weighted by Crippen LogP contribution is 2.26. The molecule has 0 bridgehead atoms. The SMILES string of the molecule is CC[Si](CC)(CC)c1c(C)ccc(S(=O)(=O)O)c1C. The van der Waals surface area contributed by atoms with Gasteiger partial charge in [-0.25, -0.2) is 0 Å². The van der Waals surface area contributed by atoms with E-state index in [-0.39, 0.29) is 4.90 Å². The topological polar surface area (TPSA) is 54.4 Å². The van der Waals surface area contributed by atoms with Crippen molar-refractivity contribution in [2.75, 3.05) is 0 Å². The molecule has 0 saturated carbocycles. The third-order valence-electron chi connectivity index (χ3n) is 4.46. The number of hydrogen-bond donors (Lipinski definition) is 1. The first-order valence-corrected chi connectivity index (χ1v) is 10.9. The molecule has 0 spiro atoms. The van der Waals surface area contributed by atoms with Crippen LogP contribution in [0.5, 0.6) is 0 Å². The lowest BCUT2D eigenvalue weighted by Gasteiger charge is -2.32. The van der Waals surface area contributed by atoms with Crippen molar-refractivity contribution in [2.45, 2.75) is 57.6 Å². The van der Waals surface area contributed by atoms with E-state index < -0.39 is 18.2 Å². The molecule has 0 amide bonds. The molecule has 0 saturated heterocycles. The van der Waals surface area contributed by atoms with Crippen LogP contribution in [0.15, 0.2) is 17.0 Å². The van der Waals surface area contributed by atoms with Crippen molar-refractivity contribution in [2.24, 2.45) is 0 Å². The predicted octanol–water partition coefficient (Wildman–Crippen LogP) is 3.27. The van der Waals surface area contributed by atoms with Gasteiger partial charge in [0.05, 0.1) is 13.0 Å². The summed E-state index contributed by atoms with van der Waals surface area (Å²) in [4.78, 5) is 0.0697. The molecule has 0 atom stereocenters. The van der Waals surface area contributed by atoms with Gasteiger partial charge in [-0.3, -0.25) is 4.55 Å². The van der Waals surface area contributed by atoms with Crippen LogP contribution in [0.4, 0.5) is 0 Å². The van der Waals surface area contributed by atoms with Gasteiger partial charge in [-0.1, -0.05) is 55.7 Å². The lowest BCUT2D eigenvalue weighted by atomic mass is 10.1. The van der Waals surface area contributed by atoms with Crippen molar-refractivity contribution in [3.63, 3.8) is 0 Å². The fourth-order valence-electron chi connectivity index (χ4n) is 3.20. The van der Waals surface area contributed by atoms with E-state index in [1.165, 1.54) is 11.3 Å². The minimum absolute atomic E-state index is 0.0697. The molecule has 0 unspecified atom stereocenters. The second-order valence-electron chi connectivity index (χ2n) is 5.20. The molecule has 1 aromatic rings. The van der Waals surface area contributed by atoms with Crippen molar-refractivity contribution in [3.05, 3.63) is 23.3 Å². The van der Waals surface area contributed by atoms with Crippen LogP contribution in [-0.4, -0.2) is 21.0 Å². The molecule has 0 radical (unpaired) electrons. The molecular formula is C14H24O3SSi. The quantitative estimate of drug-likeness (QED) is 0.671. The van der Waals surface area contributed by atoms with Crippen LogP contribution in [0.25, 0.3) is 0 Å². The summed E-state index contributed by atoms with van der Waals surface area (Å²) in [6, 6.07) is 6.63. The second kappa shape index (κ2) is 5.77. The highest BCUT2D eigenvalue weighted by Gasteiger charge is 2.33. The van der Waals surface area contributed by atoms with Gasteiger partial charge in [-0.05, 0) is 25.5 Å². The van der Waals surface area contributed by atoms with Gasteiger partial charge in [0.2, 0.25) is 0 Å². The van der Waals surface area contributed by atoms with Crippen LogP contribution in [0.2, 0.25) is 18.1 Å². The number of benzene rings is 1. The molecule has 1 rings (SSSR count). The highest BCUT2D eigenvalue weighted by atomic mass is 32.2. The maximum absolute atomic E-state index is 11.5. The van der Waals surface area contributed by atoms with E-state index in [4.69, 9.17) is 0 Å². The average Bonchev–Trinajstić information content (AvgIpc) is 2.33. The van der Waals surface area contributed by atoms with Gasteiger partial charge in [-0.2, -0.15) is 8.42 Å². The normalized spacial score (nSPS) is 12.7. The highest BCUT2D eigenvalue weighted by molar-refractivity contribution is 7.85. The summed E-state index contributed by atoms with van der Waals surface area (Å²) in [6.45, 7) is 10.4.